The molecule has 0 aromatic heterocycles. The Labute approximate surface area is 115 Å². The second-order valence-corrected chi connectivity index (χ2v) is 6.29. The molecule has 1 spiro atoms. The highest BCUT2D eigenvalue weighted by atomic mass is 16.2. The summed E-state index contributed by atoms with van der Waals surface area (Å²) in [4.78, 5) is 14.2. The summed E-state index contributed by atoms with van der Waals surface area (Å²) in [6.45, 7) is 5.30. The lowest BCUT2D eigenvalue weighted by atomic mass is 9.82. The molecule has 1 saturated carbocycles. The number of carbonyl (C=O) groups is 1. The Balaban J connectivity index is 1.59. The molecule has 2 amide bonds. The van der Waals surface area contributed by atoms with Gasteiger partial charge in [0.15, 0.2) is 0 Å². The fourth-order valence-corrected chi connectivity index (χ4v) is 3.10. The number of aryl methyl sites for hydroxylation is 1. The molecule has 3 nitrogen and oxygen atoms in total. The van der Waals surface area contributed by atoms with E-state index in [9.17, 15) is 4.79 Å². The molecular weight excluding hydrogens is 236 g/mol. The first kappa shape index (κ1) is 12.5. The lowest BCUT2D eigenvalue weighted by molar-refractivity contribution is 0.221. The molecule has 0 bridgehead atoms. The number of nitrogens with one attached hydrogen (secondary N) is 1. The van der Waals surface area contributed by atoms with Crippen LogP contribution in [0.25, 0.3) is 0 Å². The molecule has 0 atom stereocenters. The summed E-state index contributed by atoms with van der Waals surface area (Å²) in [5.74, 6) is 0.827. The zero-order chi connectivity index (χ0) is 13.5. The lowest BCUT2D eigenvalue weighted by Crippen LogP contribution is -2.30. The molecule has 1 heterocycles. The van der Waals surface area contributed by atoms with Gasteiger partial charge in [0.05, 0.1) is 5.54 Å². The molecule has 1 aliphatic heterocycles. The second-order valence-electron chi connectivity index (χ2n) is 6.29. The quantitative estimate of drug-likeness (QED) is 0.764. The third-order valence-corrected chi connectivity index (χ3v) is 4.67. The van der Waals surface area contributed by atoms with Crippen molar-refractivity contribution in [1.82, 2.24) is 4.90 Å². The van der Waals surface area contributed by atoms with Crippen LogP contribution >= 0.6 is 0 Å². The van der Waals surface area contributed by atoms with Gasteiger partial charge in [-0.3, -0.25) is 0 Å². The SMILES string of the molecule is Cc1ccc(NC(=O)N2CC23CCC(C)CC3)cc1. The molecule has 102 valence electrons. The Morgan fingerprint density at radius 3 is 2.53 bits per heavy atom. The number of amides is 2. The smallest absolute Gasteiger partial charge is 0.315 e. The number of rotatable bonds is 1. The maximum Gasteiger partial charge on any atom is 0.322 e. The summed E-state index contributed by atoms with van der Waals surface area (Å²) in [6, 6.07) is 8.04. The average Bonchev–Trinajstić information content (AvgIpc) is 3.11. The van der Waals surface area contributed by atoms with Crippen LogP contribution in [0.5, 0.6) is 0 Å². The zero-order valence-electron chi connectivity index (χ0n) is 11.8. The Kier molecular flexibility index (Phi) is 3.00. The Morgan fingerprint density at radius 1 is 1.26 bits per heavy atom. The van der Waals surface area contributed by atoms with Gasteiger partial charge in [-0.1, -0.05) is 24.6 Å². The van der Waals surface area contributed by atoms with E-state index in [-0.39, 0.29) is 11.6 Å². The zero-order valence-corrected chi connectivity index (χ0v) is 11.8. The van der Waals surface area contributed by atoms with Crippen LogP contribution in [0.15, 0.2) is 24.3 Å². The Morgan fingerprint density at radius 2 is 1.89 bits per heavy atom. The molecule has 2 fully saturated rings. The monoisotopic (exact) mass is 258 g/mol. The van der Waals surface area contributed by atoms with Crippen LogP contribution in [-0.2, 0) is 0 Å². The van der Waals surface area contributed by atoms with Crippen LogP contribution in [0, 0.1) is 12.8 Å². The number of benzene rings is 1. The molecule has 1 aliphatic carbocycles. The van der Waals surface area contributed by atoms with Crippen molar-refractivity contribution in [1.29, 1.82) is 0 Å². The van der Waals surface area contributed by atoms with Crippen molar-refractivity contribution >= 4 is 11.7 Å². The highest BCUT2D eigenvalue weighted by molar-refractivity contribution is 5.91. The molecule has 3 heteroatoms. The Bertz CT molecular complexity index is 472. The van der Waals surface area contributed by atoms with Crippen LogP contribution in [0.2, 0.25) is 0 Å². The van der Waals surface area contributed by atoms with Gasteiger partial charge in [-0.15, -0.1) is 0 Å². The molecule has 1 N–H and O–H groups in total. The van der Waals surface area contributed by atoms with Gasteiger partial charge in [0.2, 0.25) is 0 Å². The Hall–Kier alpha value is -1.51. The molecular formula is C16H22N2O. The first-order valence-electron chi connectivity index (χ1n) is 7.24. The molecule has 0 radical (unpaired) electrons. The highest BCUT2D eigenvalue weighted by Gasteiger charge is 2.55. The van der Waals surface area contributed by atoms with Crippen LogP contribution in [0.1, 0.15) is 38.2 Å². The molecule has 2 aliphatic rings. The van der Waals surface area contributed by atoms with E-state index >= 15 is 0 Å². The fraction of sp³-hybridized carbons (Fsp3) is 0.562. The van der Waals surface area contributed by atoms with Gasteiger partial charge < -0.3 is 10.2 Å². The minimum Gasteiger partial charge on any atom is -0.315 e. The van der Waals surface area contributed by atoms with Crippen LogP contribution < -0.4 is 5.32 Å². The van der Waals surface area contributed by atoms with E-state index in [2.05, 4.69) is 12.2 Å². The standard InChI is InChI=1S/C16H22N2O/c1-12-3-5-14(6-4-12)17-15(19)18-11-16(18)9-7-13(2)8-10-16/h3-6,13H,7-11H2,1-2H3,(H,17,19). The first-order chi connectivity index (χ1) is 9.09. The third-order valence-electron chi connectivity index (χ3n) is 4.67. The van der Waals surface area contributed by atoms with E-state index < -0.39 is 0 Å². The van der Waals surface area contributed by atoms with E-state index in [1.54, 1.807) is 0 Å². The number of carbonyl (C=O) groups excluding carboxylic acids is 1. The molecule has 3 rings (SSSR count). The molecule has 1 aromatic carbocycles. The van der Waals surface area contributed by atoms with Crippen molar-refractivity contribution in [2.75, 3.05) is 11.9 Å². The number of nitrogens with zero attached hydrogens (tertiary/aromatic N) is 1. The number of hydrogen-bond acceptors (Lipinski definition) is 1. The van der Waals surface area contributed by atoms with E-state index in [0.29, 0.717) is 0 Å². The van der Waals surface area contributed by atoms with Gasteiger partial charge in [0, 0.05) is 12.2 Å². The van der Waals surface area contributed by atoms with Crippen LogP contribution in [-0.4, -0.2) is 23.0 Å². The van der Waals surface area contributed by atoms with Gasteiger partial charge in [-0.25, -0.2) is 4.79 Å². The summed E-state index contributed by atoms with van der Waals surface area (Å²) in [5.41, 5.74) is 2.30. The fourth-order valence-electron chi connectivity index (χ4n) is 3.10. The normalized spacial score (nSPS) is 29.4. The molecule has 19 heavy (non-hydrogen) atoms. The summed E-state index contributed by atoms with van der Waals surface area (Å²) < 4.78 is 0. The molecule has 1 aromatic rings. The minimum absolute atomic E-state index is 0.0680. The van der Waals surface area contributed by atoms with Gasteiger partial charge in [0.25, 0.3) is 0 Å². The van der Waals surface area contributed by atoms with Gasteiger partial charge in [-0.05, 0) is 50.7 Å². The summed E-state index contributed by atoms with van der Waals surface area (Å²) >= 11 is 0. The maximum atomic E-state index is 12.2. The van der Waals surface area contributed by atoms with Gasteiger partial charge in [-0.2, -0.15) is 0 Å². The predicted molar refractivity (Wildman–Crippen MR) is 77.3 cm³/mol. The van der Waals surface area contributed by atoms with E-state index in [1.165, 1.54) is 31.2 Å². The summed E-state index contributed by atoms with van der Waals surface area (Å²) in [6.07, 6.45) is 4.87. The van der Waals surface area contributed by atoms with Gasteiger partial charge >= 0.3 is 6.03 Å². The average molecular weight is 258 g/mol. The maximum absolute atomic E-state index is 12.2. The van der Waals surface area contributed by atoms with Gasteiger partial charge in [0.1, 0.15) is 0 Å². The lowest BCUT2D eigenvalue weighted by Gasteiger charge is -2.26. The van der Waals surface area contributed by atoms with Crippen molar-refractivity contribution < 1.29 is 4.79 Å². The van der Waals surface area contributed by atoms with Crippen LogP contribution in [0.3, 0.4) is 0 Å². The summed E-state index contributed by atoms with van der Waals surface area (Å²) in [5, 5.41) is 3.00. The van der Waals surface area contributed by atoms with Crippen molar-refractivity contribution in [2.24, 2.45) is 5.92 Å². The largest absolute Gasteiger partial charge is 0.322 e. The second kappa shape index (κ2) is 4.55. The van der Waals surface area contributed by atoms with E-state index in [1.807, 2.05) is 36.1 Å². The first-order valence-corrected chi connectivity index (χ1v) is 7.24. The van der Waals surface area contributed by atoms with E-state index in [0.717, 1.165) is 18.2 Å². The molecule has 0 unspecified atom stereocenters. The highest BCUT2D eigenvalue weighted by Crippen LogP contribution is 2.46. The topological polar surface area (TPSA) is 32.1 Å². The molecule has 1 saturated heterocycles. The summed E-state index contributed by atoms with van der Waals surface area (Å²) in [7, 11) is 0. The minimum atomic E-state index is 0.0680. The number of urea groups is 1. The predicted octanol–water partition coefficient (Wildman–Crippen LogP) is 3.79. The number of hydrogen-bond donors (Lipinski definition) is 1. The van der Waals surface area contributed by atoms with Crippen molar-refractivity contribution in [3.05, 3.63) is 29.8 Å². The van der Waals surface area contributed by atoms with Crippen molar-refractivity contribution in [2.45, 2.75) is 45.1 Å². The van der Waals surface area contributed by atoms with E-state index in [4.69, 9.17) is 0 Å². The van der Waals surface area contributed by atoms with Crippen molar-refractivity contribution in [3.8, 4) is 0 Å². The van der Waals surface area contributed by atoms with Crippen LogP contribution in [0.4, 0.5) is 10.5 Å². The third kappa shape index (κ3) is 2.46. The van der Waals surface area contributed by atoms with Crippen molar-refractivity contribution in [3.63, 3.8) is 0 Å². The number of anilines is 1.